The number of nitrogens with one attached hydrogen (secondary N) is 2. The highest BCUT2D eigenvalue weighted by molar-refractivity contribution is 6.05. The van der Waals surface area contributed by atoms with Crippen molar-refractivity contribution in [2.24, 2.45) is 5.92 Å². The van der Waals surface area contributed by atoms with Crippen LogP contribution in [0, 0.1) is 5.92 Å². The van der Waals surface area contributed by atoms with Gasteiger partial charge in [-0.2, -0.15) is 0 Å². The molecule has 2 atom stereocenters. The second kappa shape index (κ2) is 6.22. The molecule has 116 valence electrons. The Hall–Kier alpha value is -2.30. The first-order valence-electron chi connectivity index (χ1n) is 7.76. The molecule has 0 unspecified atom stereocenters. The monoisotopic (exact) mass is 300 g/mol. The lowest BCUT2D eigenvalue weighted by Gasteiger charge is -2.23. The third kappa shape index (κ3) is 2.84. The van der Waals surface area contributed by atoms with Gasteiger partial charge in [-0.3, -0.25) is 9.59 Å². The molecule has 1 aliphatic carbocycles. The number of hydrogen-bond acceptors (Lipinski definition) is 2. The van der Waals surface area contributed by atoms with Gasteiger partial charge in [0.05, 0.1) is 17.0 Å². The minimum Gasteiger partial charge on any atom is -0.481 e. The van der Waals surface area contributed by atoms with Gasteiger partial charge in [-0.25, -0.2) is 0 Å². The highest BCUT2D eigenvalue weighted by atomic mass is 16.4. The Morgan fingerprint density at radius 3 is 2.77 bits per heavy atom. The summed E-state index contributed by atoms with van der Waals surface area (Å²) in [5.74, 6) is -1.51. The van der Waals surface area contributed by atoms with E-state index < -0.39 is 11.9 Å². The van der Waals surface area contributed by atoms with Crippen LogP contribution in [0.5, 0.6) is 0 Å². The van der Waals surface area contributed by atoms with Crippen LogP contribution in [0.3, 0.4) is 0 Å². The summed E-state index contributed by atoms with van der Waals surface area (Å²) in [6.45, 7) is 0. The summed E-state index contributed by atoms with van der Waals surface area (Å²) in [5.41, 5.74) is 1.36. The molecule has 1 saturated carbocycles. The second-order valence-electron chi connectivity index (χ2n) is 5.91. The van der Waals surface area contributed by atoms with Crippen molar-refractivity contribution in [3.63, 3.8) is 0 Å². The van der Waals surface area contributed by atoms with Crippen molar-refractivity contribution in [3.05, 3.63) is 36.0 Å². The van der Waals surface area contributed by atoms with Gasteiger partial charge in [0.2, 0.25) is 0 Å². The van der Waals surface area contributed by atoms with Crippen LogP contribution in [-0.2, 0) is 4.79 Å². The fourth-order valence-electron chi connectivity index (χ4n) is 3.30. The lowest BCUT2D eigenvalue weighted by Crippen LogP contribution is -2.42. The number of aliphatic carboxylic acids is 1. The average molecular weight is 300 g/mol. The number of rotatable bonds is 3. The second-order valence-corrected chi connectivity index (χ2v) is 5.91. The van der Waals surface area contributed by atoms with E-state index in [0.717, 1.165) is 36.6 Å². The molecule has 0 aliphatic heterocycles. The highest BCUT2D eigenvalue weighted by Gasteiger charge is 2.31. The first-order valence-corrected chi connectivity index (χ1v) is 7.76. The van der Waals surface area contributed by atoms with E-state index >= 15 is 0 Å². The molecule has 1 aromatic carbocycles. The Kier molecular flexibility index (Phi) is 4.13. The number of hydrogen-bond donors (Lipinski definition) is 3. The molecule has 2 aromatic rings. The van der Waals surface area contributed by atoms with Gasteiger partial charge in [-0.1, -0.05) is 31.4 Å². The number of para-hydroxylation sites is 1. The van der Waals surface area contributed by atoms with Crippen molar-refractivity contribution < 1.29 is 14.7 Å². The lowest BCUT2D eigenvalue weighted by atomic mass is 9.94. The van der Waals surface area contributed by atoms with Crippen molar-refractivity contribution in [2.75, 3.05) is 0 Å². The van der Waals surface area contributed by atoms with Crippen molar-refractivity contribution in [3.8, 4) is 0 Å². The SMILES string of the molecule is O=C(N[C@@H]1CCCCC[C@H]1C(=O)O)c1cccc2cc[nH]c12. The highest BCUT2D eigenvalue weighted by Crippen LogP contribution is 2.25. The van der Waals surface area contributed by atoms with E-state index in [1.807, 2.05) is 18.2 Å². The summed E-state index contributed by atoms with van der Waals surface area (Å²) < 4.78 is 0. The molecular formula is C17H20N2O3. The van der Waals surface area contributed by atoms with Gasteiger partial charge in [0.1, 0.15) is 0 Å². The molecule has 0 spiro atoms. The number of fused-ring (bicyclic) bond motifs is 1. The van der Waals surface area contributed by atoms with Gasteiger partial charge >= 0.3 is 5.97 Å². The standard InChI is InChI=1S/C17H20N2O3/c20-16(13-7-4-5-11-9-10-18-15(11)13)19-14-8-3-1-2-6-12(14)17(21)22/h4-5,7,9-10,12,14,18H,1-3,6,8H2,(H,19,20)(H,21,22)/t12-,14-/m1/s1. The number of benzene rings is 1. The van der Waals surface area contributed by atoms with E-state index in [1.165, 1.54) is 0 Å². The predicted octanol–water partition coefficient (Wildman–Crippen LogP) is 2.93. The molecule has 22 heavy (non-hydrogen) atoms. The Balaban J connectivity index is 1.83. The third-order valence-electron chi connectivity index (χ3n) is 4.48. The van der Waals surface area contributed by atoms with Crippen LogP contribution in [0.25, 0.3) is 10.9 Å². The first kappa shape index (κ1) is 14.6. The number of aromatic nitrogens is 1. The van der Waals surface area contributed by atoms with Crippen LogP contribution in [-0.4, -0.2) is 28.0 Å². The van der Waals surface area contributed by atoms with Crippen LogP contribution in [0.2, 0.25) is 0 Å². The molecular weight excluding hydrogens is 280 g/mol. The average Bonchev–Trinajstić information content (AvgIpc) is 2.86. The summed E-state index contributed by atoms with van der Waals surface area (Å²) in [4.78, 5) is 27.1. The summed E-state index contributed by atoms with van der Waals surface area (Å²) >= 11 is 0. The van der Waals surface area contributed by atoms with E-state index in [4.69, 9.17) is 0 Å². The van der Waals surface area contributed by atoms with Gasteiger partial charge in [0.25, 0.3) is 5.91 Å². The zero-order valence-electron chi connectivity index (χ0n) is 12.3. The third-order valence-corrected chi connectivity index (χ3v) is 4.48. The maximum Gasteiger partial charge on any atom is 0.308 e. The van der Waals surface area contributed by atoms with Crippen molar-refractivity contribution >= 4 is 22.8 Å². The molecule has 1 aromatic heterocycles. The largest absolute Gasteiger partial charge is 0.481 e. The lowest BCUT2D eigenvalue weighted by molar-refractivity contribution is -0.142. The minimum atomic E-state index is -0.815. The smallest absolute Gasteiger partial charge is 0.308 e. The van der Waals surface area contributed by atoms with E-state index in [-0.39, 0.29) is 11.9 Å². The summed E-state index contributed by atoms with van der Waals surface area (Å²) in [7, 11) is 0. The van der Waals surface area contributed by atoms with Crippen LogP contribution in [0.15, 0.2) is 30.5 Å². The van der Waals surface area contributed by atoms with Crippen molar-refractivity contribution in [1.82, 2.24) is 10.3 Å². The molecule has 1 aliphatic rings. The number of aromatic amines is 1. The van der Waals surface area contributed by atoms with Crippen LogP contribution in [0.4, 0.5) is 0 Å². The molecule has 3 rings (SSSR count). The predicted molar refractivity (Wildman–Crippen MR) is 83.8 cm³/mol. The minimum absolute atomic E-state index is 0.203. The van der Waals surface area contributed by atoms with E-state index in [0.29, 0.717) is 12.0 Å². The number of carbonyl (C=O) groups is 2. The molecule has 5 nitrogen and oxygen atoms in total. The fraction of sp³-hybridized carbons (Fsp3) is 0.412. The van der Waals surface area contributed by atoms with Gasteiger partial charge in [-0.15, -0.1) is 0 Å². The Morgan fingerprint density at radius 1 is 1.14 bits per heavy atom. The summed E-state index contributed by atoms with van der Waals surface area (Å²) in [6, 6.07) is 7.16. The molecule has 0 saturated heterocycles. The normalized spacial score (nSPS) is 22.2. The zero-order valence-corrected chi connectivity index (χ0v) is 12.3. The Morgan fingerprint density at radius 2 is 1.95 bits per heavy atom. The van der Waals surface area contributed by atoms with Gasteiger partial charge in [0, 0.05) is 17.6 Å². The van der Waals surface area contributed by atoms with E-state index in [1.54, 1.807) is 12.3 Å². The summed E-state index contributed by atoms with van der Waals surface area (Å²) in [5, 5.41) is 13.3. The van der Waals surface area contributed by atoms with E-state index in [9.17, 15) is 14.7 Å². The van der Waals surface area contributed by atoms with Crippen LogP contribution >= 0.6 is 0 Å². The van der Waals surface area contributed by atoms with Crippen LogP contribution in [0.1, 0.15) is 42.5 Å². The maximum atomic E-state index is 12.6. The number of carboxylic acids is 1. The summed E-state index contributed by atoms with van der Waals surface area (Å²) in [6.07, 6.45) is 6.06. The Labute approximate surface area is 128 Å². The van der Waals surface area contributed by atoms with Crippen molar-refractivity contribution in [1.29, 1.82) is 0 Å². The molecule has 1 amide bonds. The quantitative estimate of drug-likeness (QED) is 0.762. The molecule has 0 bridgehead atoms. The number of H-pyrrole nitrogens is 1. The molecule has 1 heterocycles. The number of amides is 1. The number of carbonyl (C=O) groups excluding carboxylic acids is 1. The van der Waals surface area contributed by atoms with Gasteiger partial charge in [0.15, 0.2) is 0 Å². The Bertz CT molecular complexity index is 692. The van der Waals surface area contributed by atoms with Gasteiger partial charge in [-0.05, 0) is 25.0 Å². The maximum absolute atomic E-state index is 12.6. The number of carboxylic acid groups (broad SMARTS) is 1. The molecule has 0 radical (unpaired) electrons. The zero-order chi connectivity index (χ0) is 15.5. The van der Waals surface area contributed by atoms with Crippen LogP contribution < -0.4 is 5.32 Å². The molecule has 3 N–H and O–H groups in total. The van der Waals surface area contributed by atoms with Crippen molar-refractivity contribution in [2.45, 2.75) is 38.1 Å². The van der Waals surface area contributed by atoms with Gasteiger partial charge < -0.3 is 15.4 Å². The molecule has 5 heteroatoms. The molecule has 1 fully saturated rings. The fourth-order valence-corrected chi connectivity index (χ4v) is 3.30. The van der Waals surface area contributed by atoms with E-state index in [2.05, 4.69) is 10.3 Å². The topological polar surface area (TPSA) is 82.2 Å². The first-order chi connectivity index (χ1) is 10.7.